The average Bonchev–Trinajstić information content (AvgIpc) is 3.00. The zero-order chi connectivity index (χ0) is 31.6. The monoisotopic (exact) mass is 673 g/mol. The lowest BCUT2D eigenvalue weighted by Crippen LogP contribution is -2.53. The molecule has 0 unspecified atom stereocenters. The van der Waals surface area contributed by atoms with Gasteiger partial charge in [0.15, 0.2) is 0 Å². The maximum atomic E-state index is 14.2. The highest BCUT2D eigenvalue weighted by molar-refractivity contribution is 9.10. The Bertz CT molecular complexity index is 1470. The van der Waals surface area contributed by atoms with E-state index in [9.17, 15) is 18.0 Å². The number of nitrogens with zero attached hydrogens (tertiary/aromatic N) is 2. The fourth-order valence-corrected chi connectivity index (χ4v) is 6.14. The molecule has 0 saturated carbocycles. The van der Waals surface area contributed by atoms with Crippen LogP contribution in [0.5, 0.6) is 11.5 Å². The molecule has 11 heteroatoms. The minimum absolute atomic E-state index is 0.0262. The van der Waals surface area contributed by atoms with Crippen LogP contribution < -0.4 is 19.1 Å². The third kappa shape index (κ3) is 8.96. The molecule has 43 heavy (non-hydrogen) atoms. The number of hydrogen-bond donors (Lipinski definition) is 1. The standard InChI is InChI=1S/C32H40BrN3O6S/c1-6-23(4)34-32(38)30(7-2)35(21-24-10-9-11-28(20-24)41-5)31(37)22-36(26-14-16-27(17-15-26)42-8-3)43(39,40)29-18-12-25(33)13-19-29/h9-20,23,30H,6-8,21-22H2,1-5H3,(H,34,38)/t23-,30-/m1/s1. The predicted octanol–water partition coefficient (Wildman–Crippen LogP) is 5.77. The zero-order valence-electron chi connectivity index (χ0n) is 25.2. The molecule has 1 N–H and O–H groups in total. The van der Waals surface area contributed by atoms with E-state index in [0.717, 1.165) is 20.8 Å². The van der Waals surface area contributed by atoms with Gasteiger partial charge in [-0.2, -0.15) is 0 Å². The van der Waals surface area contributed by atoms with E-state index in [2.05, 4.69) is 21.2 Å². The molecule has 0 fully saturated rings. The first-order chi connectivity index (χ1) is 20.5. The van der Waals surface area contributed by atoms with Gasteiger partial charge in [-0.25, -0.2) is 8.42 Å². The van der Waals surface area contributed by atoms with Crippen LogP contribution in [-0.2, 0) is 26.2 Å². The number of sulfonamides is 1. The van der Waals surface area contributed by atoms with E-state index in [1.165, 1.54) is 17.0 Å². The fourth-order valence-electron chi connectivity index (χ4n) is 4.47. The molecule has 0 spiro atoms. The third-order valence-electron chi connectivity index (χ3n) is 6.99. The van der Waals surface area contributed by atoms with Gasteiger partial charge in [0.25, 0.3) is 10.0 Å². The van der Waals surface area contributed by atoms with Gasteiger partial charge >= 0.3 is 0 Å². The van der Waals surface area contributed by atoms with Crippen molar-refractivity contribution in [3.63, 3.8) is 0 Å². The molecule has 0 aliphatic rings. The topological polar surface area (TPSA) is 105 Å². The van der Waals surface area contributed by atoms with Crippen LogP contribution in [0.2, 0.25) is 0 Å². The summed E-state index contributed by atoms with van der Waals surface area (Å²) in [5, 5.41) is 2.98. The van der Waals surface area contributed by atoms with E-state index in [-0.39, 0.29) is 29.1 Å². The number of hydrogen-bond acceptors (Lipinski definition) is 6. The van der Waals surface area contributed by atoms with Crippen molar-refractivity contribution in [3.8, 4) is 11.5 Å². The maximum Gasteiger partial charge on any atom is 0.264 e. The number of rotatable bonds is 15. The largest absolute Gasteiger partial charge is 0.497 e. The molecule has 3 aromatic carbocycles. The summed E-state index contributed by atoms with van der Waals surface area (Å²) in [7, 11) is -2.63. The van der Waals surface area contributed by atoms with E-state index in [0.29, 0.717) is 24.5 Å². The Morgan fingerprint density at radius 1 is 0.930 bits per heavy atom. The number of carbonyl (C=O) groups is 2. The quantitative estimate of drug-likeness (QED) is 0.220. The smallest absolute Gasteiger partial charge is 0.264 e. The molecule has 3 aromatic rings. The lowest BCUT2D eigenvalue weighted by atomic mass is 10.1. The first-order valence-electron chi connectivity index (χ1n) is 14.3. The Morgan fingerprint density at radius 3 is 2.19 bits per heavy atom. The van der Waals surface area contributed by atoms with Crippen molar-refractivity contribution in [2.75, 3.05) is 24.6 Å². The molecule has 0 bridgehead atoms. The number of methoxy groups -OCH3 is 1. The Labute approximate surface area is 263 Å². The number of anilines is 1. The number of amides is 2. The number of halogens is 1. The van der Waals surface area contributed by atoms with Gasteiger partial charge in [-0.1, -0.05) is 41.9 Å². The summed E-state index contributed by atoms with van der Waals surface area (Å²) in [4.78, 5) is 29.1. The van der Waals surface area contributed by atoms with E-state index >= 15 is 0 Å². The van der Waals surface area contributed by atoms with Gasteiger partial charge in [0.2, 0.25) is 11.8 Å². The number of benzene rings is 3. The molecule has 0 radical (unpaired) electrons. The number of carbonyl (C=O) groups excluding carboxylic acids is 2. The first kappa shape index (κ1) is 33.9. The van der Waals surface area contributed by atoms with Crippen LogP contribution in [0.4, 0.5) is 5.69 Å². The highest BCUT2D eigenvalue weighted by atomic mass is 79.9. The van der Waals surface area contributed by atoms with Crippen molar-refractivity contribution in [3.05, 3.63) is 82.8 Å². The summed E-state index contributed by atoms with van der Waals surface area (Å²) in [6, 6.07) is 19.1. The van der Waals surface area contributed by atoms with Crippen LogP contribution in [0.25, 0.3) is 0 Å². The second-order valence-corrected chi connectivity index (χ2v) is 12.8. The molecule has 0 heterocycles. The number of nitrogens with one attached hydrogen (secondary N) is 1. The lowest BCUT2D eigenvalue weighted by molar-refractivity contribution is -0.140. The van der Waals surface area contributed by atoms with Crippen LogP contribution in [0, 0.1) is 0 Å². The summed E-state index contributed by atoms with van der Waals surface area (Å²) < 4.78 is 40.8. The minimum Gasteiger partial charge on any atom is -0.497 e. The SMILES string of the molecule is CCOc1ccc(N(CC(=O)N(Cc2cccc(OC)c2)[C@H](CC)C(=O)N[C@H](C)CC)S(=O)(=O)c2ccc(Br)cc2)cc1. The molecule has 2 amide bonds. The van der Waals surface area contributed by atoms with Crippen molar-refractivity contribution >= 4 is 43.5 Å². The predicted molar refractivity (Wildman–Crippen MR) is 172 cm³/mol. The van der Waals surface area contributed by atoms with E-state index < -0.39 is 28.5 Å². The van der Waals surface area contributed by atoms with Gasteiger partial charge in [0.1, 0.15) is 24.1 Å². The van der Waals surface area contributed by atoms with Gasteiger partial charge in [-0.3, -0.25) is 13.9 Å². The molecule has 0 aliphatic carbocycles. The summed E-state index contributed by atoms with van der Waals surface area (Å²) in [6.45, 7) is 7.56. The molecule has 2 atom stereocenters. The van der Waals surface area contributed by atoms with Gasteiger partial charge in [-0.05, 0) is 92.9 Å². The van der Waals surface area contributed by atoms with E-state index in [1.54, 1.807) is 61.7 Å². The van der Waals surface area contributed by atoms with Crippen LogP contribution in [0.15, 0.2) is 82.2 Å². The summed E-state index contributed by atoms with van der Waals surface area (Å²) in [5.74, 6) is 0.363. The van der Waals surface area contributed by atoms with Crippen LogP contribution in [-0.4, -0.2) is 57.5 Å². The zero-order valence-corrected chi connectivity index (χ0v) is 27.7. The van der Waals surface area contributed by atoms with Crippen molar-refractivity contribution in [2.45, 2.75) is 64.1 Å². The second kappa shape index (κ2) is 15.8. The molecule has 9 nitrogen and oxygen atoms in total. The normalized spacial score (nSPS) is 12.6. The Balaban J connectivity index is 2.07. The Morgan fingerprint density at radius 2 is 1.60 bits per heavy atom. The third-order valence-corrected chi connectivity index (χ3v) is 9.31. The molecule has 232 valence electrons. The Hall–Kier alpha value is -3.57. The summed E-state index contributed by atoms with van der Waals surface area (Å²) in [5.41, 5.74) is 1.03. The van der Waals surface area contributed by atoms with Crippen molar-refractivity contribution < 1.29 is 27.5 Å². The highest BCUT2D eigenvalue weighted by Crippen LogP contribution is 2.28. The molecule has 0 aliphatic heterocycles. The maximum absolute atomic E-state index is 14.2. The first-order valence-corrected chi connectivity index (χ1v) is 16.5. The van der Waals surface area contributed by atoms with E-state index in [4.69, 9.17) is 9.47 Å². The minimum atomic E-state index is -4.18. The van der Waals surface area contributed by atoms with Gasteiger partial charge < -0.3 is 19.7 Å². The van der Waals surface area contributed by atoms with Crippen molar-refractivity contribution in [1.82, 2.24) is 10.2 Å². The van der Waals surface area contributed by atoms with Crippen molar-refractivity contribution in [1.29, 1.82) is 0 Å². The molecule has 0 aromatic heterocycles. The lowest BCUT2D eigenvalue weighted by Gasteiger charge is -2.33. The number of ether oxygens (including phenoxy) is 2. The van der Waals surface area contributed by atoms with Gasteiger partial charge in [0, 0.05) is 17.1 Å². The molecular weight excluding hydrogens is 634 g/mol. The van der Waals surface area contributed by atoms with Crippen LogP contribution in [0.3, 0.4) is 0 Å². The molecule has 0 saturated heterocycles. The van der Waals surface area contributed by atoms with Crippen LogP contribution in [0.1, 0.15) is 46.1 Å². The highest BCUT2D eigenvalue weighted by Gasteiger charge is 2.34. The van der Waals surface area contributed by atoms with Crippen molar-refractivity contribution in [2.24, 2.45) is 0 Å². The summed E-state index contributed by atoms with van der Waals surface area (Å²) >= 11 is 3.35. The van der Waals surface area contributed by atoms with Gasteiger partial charge in [-0.15, -0.1) is 0 Å². The average molecular weight is 675 g/mol. The fraction of sp³-hybridized carbons (Fsp3) is 0.375. The van der Waals surface area contributed by atoms with Gasteiger partial charge in [0.05, 0.1) is 24.3 Å². The summed E-state index contributed by atoms with van der Waals surface area (Å²) in [6.07, 6.45) is 1.06. The molecular formula is C32H40BrN3O6S. The molecule has 3 rings (SSSR count). The Kier molecular flexibility index (Phi) is 12.4. The van der Waals surface area contributed by atoms with E-state index in [1.807, 2.05) is 33.8 Å². The second-order valence-electron chi connectivity index (χ2n) is 10.0. The van der Waals surface area contributed by atoms with Crippen LogP contribution >= 0.6 is 15.9 Å².